The van der Waals surface area contributed by atoms with Crippen LogP contribution in [0.5, 0.6) is 0 Å². The Labute approximate surface area is 147 Å². The van der Waals surface area contributed by atoms with E-state index in [4.69, 9.17) is 4.74 Å². The number of ether oxygens (including phenoxy) is 1. The standard InChI is InChI=1S/C18H26N4O3/c23-16(11-18(24)6-2-7-18)22-9-10-25-12-14(22)17-19-8-5-15(21-17)20-13-3-1-4-13/h5,8,13-14,24H,1-4,6-7,9-12H2,(H,19,20,21). The lowest BCUT2D eigenvalue weighted by molar-refractivity contribution is -0.149. The molecule has 0 spiro atoms. The van der Waals surface area contributed by atoms with Gasteiger partial charge < -0.3 is 20.1 Å². The van der Waals surface area contributed by atoms with E-state index in [0.717, 1.165) is 12.2 Å². The van der Waals surface area contributed by atoms with Gasteiger partial charge in [0, 0.05) is 18.8 Å². The molecule has 4 rings (SSSR count). The SMILES string of the molecule is O=C(CC1(O)CCC1)N1CCOCC1c1nccc(NC2CCC2)n1. The third-order valence-corrected chi connectivity index (χ3v) is 5.64. The van der Waals surface area contributed by atoms with Crippen LogP contribution >= 0.6 is 0 Å². The second-order valence-electron chi connectivity index (χ2n) is 7.50. The van der Waals surface area contributed by atoms with Crippen molar-refractivity contribution >= 4 is 11.7 Å². The molecule has 0 aromatic carbocycles. The van der Waals surface area contributed by atoms with Crippen LogP contribution in [0.3, 0.4) is 0 Å². The first kappa shape index (κ1) is 16.7. The van der Waals surface area contributed by atoms with Crippen molar-refractivity contribution in [1.82, 2.24) is 14.9 Å². The van der Waals surface area contributed by atoms with Gasteiger partial charge in [0.25, 0.3) is 0 Å². The first-order chi connectivity index (χ1) is 12.1. The average Bonchev–Trinajstić information content (AvgIpc) is 2.57. The Morgan fingerprint density at radius 3 is 2.92 bits per heavy atom. The Balaban J connectivity index is 1.48. The van der Waals surface area contributed by atoms with Crippen molar-refractivity contribution in [3.8, 4) is 0 Å². The summed E-state index contributed by atoms with van der Waals surface area (Å²) in [6, 6.07) is 2.08. The summed E-state index contributed by atoms with van der Waals surface area (Å²) >= 11 is 0. The lowest BCUT2D eigenvalue weighted by Crippen LogP contribution is -2.48. The van der Waals surface area contributed by atoms with Crippen molar-refractivity contribution in [1.29, 1.82) is 0 Å². The van der Waals surface area contributed by atoms with Gasteiger partial charge in [0.15, 0.2) is 5.82 Å². The topological polar surface area (TPSA) is 87.6 Å². The fourth-order valence-electron chi connectivity index (χ4n) is 3.64. The van der Waals surface area contributed by atoms with E-state index in [1.807, 2.05) is 6.07 Å². The number of rotatable bonds is 5. The smallest absolute Gasteiger partial charge is 0.226 e. The zero-order valence-corrected chi connectivity index (χ0v) is 14.5. The van der Waals surface area contributed by atoms with Gasteiger partial charge in [0.2, 0.25) is 5.91 Å². The minimum Gasteiger partial charge on any atom is -0.389 e. The monoisotopic (exact) mass is 346 g/mol. The van der Waals surface area contributed by atoms with Gasteiger partial charge in [-0.3, -0.25) is 4.79 Å². The number of carbonyl (C=O) groups is 1. The molecule has 7 heteroatoms. The molecule has 1 atom stereocenters. The molecule has 3 fully saturated rings. The van der Waals surface area contributed by atoms with E-state index in [2.05, 4.69) is 15.3 Å². The minimum atomic E-state index is -0.811. The van der Waals surface area contributed by atoms with E-state index in [9.17, 15) is 9.90 Å². The third kappa shape index (κ3) is 3.62. The number of nitrogens with zero attached hydrogens (tertiary/aromatic N) is 3. The van der Waals surface area contributed by atoms with Crippen LogP contribution < -0.4 is 5.32 Å². The lowest BCUT2D eigenvalue weighted by Gasteiger charge is -2.40. The first-order valence-corrected chi connectivity index (χ1v) is 9.32. The zero-order valence-electron chi connectivity index (χ0n) is 14.5. The first-order valence-electron chi connectivity index (χ1n) is 9.32. The van der Waals surface area contributed by atoms with E-state index in [1.165, 1.54) is 19.3 Å². The maximum Gasteiger partial charge on any atom is 0.226 e. The number of aromatic nitrogens is 2. The van der Waals surface area contributed by atoms with Crippen LogP contribution in [0.25, 0.3) is 0 Å². The number of morpholine rings is 1. The van der Waals surface area contributed by atoms with Crippen LogP contribution in [0, 0.1) is 0 Å². The summed E-state index contributed by atoms with van der Waals surface area (Å²) in [7, 11) is 0. The van der Waals surface area contributed by atoms with Crippen molar-refractivity contribution < 1.29 is 14.6 Å². The maximum atomic E-state index is 12.7. The maximum absolute atomic E-state index is 12.7. The van der Waals surface area contributed by atoms with Gasteiger partial charge in [-0.15, -0.1) is 0 Å². The molecule has 3 aliphatic rings. The van der Waals surface area contributed by atoms with Crippen molar-refractivity contribution in [2.24, 2.45) is 0 Å². The van der Waals surface area contributed by atoms with Crippen LogP contribution in [-0.2, 0) is 9.53 Å². The highest BCUT2D eigenvalue weighted by molar-refractivity contribution is 5.78. The molecule has 2 aliphatic carbocycles. The minimum absolute atomic E-state index is 0.0311. The van der Waals surface area contributed by atoms with Crippen molar-refractivity contribution in [3.63, 3.8) is 0 Å². The number of nitrogens with one attached hydrogen (secondary N) is 1. The Hall–Kier alpha value is -1.73. The molecule has 1 amide bonds. The molecule has 2 saturated carbocycles. The number of hydrogen-bond acceptors (Lipinski definition) is 6. The Kier molecular flexibility index (Phi) is 4.60. The molecule has 2 N–H and O–H groups in total. The molecular weight excluding hydrogens is 320 g/mol. The molecule has 1 aromatic heterocycles. The van der Waals surface area contributed by atoms with Crippen LogP contribution in [0.4, 0.5) is 5.82 Å². The van der Waals surface area contributed by atoms with Gasteiger partial charge >= 0.3 is 0 Å². The van der Waals surface area contributed by atoms with E-state index in [0.29, 0.717) is 44.5 Å². The molecule has 1 aliphatic heterocycles. The highest BCUT2D eigenvalue weighted by Gasteiger charge is 2.40. The van der Waals surface area contributed by atoms with Crippen LogP contribution in [0.2, 0.25) is 0 Å². The van der Waals surface area contributed by atoms with Gasteiger partial charge in [-0.2, -0.15) is 0 Å². The van der Waals surface area contributed by atoms with E-state index < -0.39 is 5.60 Å². The predicted molar refractivity (Wildman–Crippen MR) is 92.0 cm³/mol. The van der Waals surface area contributed by atoms with E-state index in [-0.39, 0.29) is 18.4 Å². The van der Waals surface area contributed by atoms with Crippen LogP contribution in [0.15, 0.2) is 12.3 Å². The normalized spacial score (nSPS) is 25.8. The quantitative estimate of drug-likeness (QED) is 0.843. The molecule has 0 radical (unpaired) electrons. The fourth-order valence-corrected chi connectivity index (χ4v) is 3.64. The van der Waals surface area contributed by atoms with Crippen molar-refractivity contribution in [2.75, 3.05) is 25.1 Å². The third-order valence-electron chi connectivity index (χ3n) is 5.64. The summed E-state index contributed by atoms with van der Waals surface area (Å²) in [5.41, 5.74) is -0.811. The molecule has 1 unspecified atom stereocenters. The summed E-state index contributed by atoms with van der Waals surface area (Å²) in [4.78, 5) is 23.5. The number of anilines is 1. The second kappa shape index (κ2) is 6.88. The van der Waals surface area contributed by atoms with E-state index >= 15 is 0 Å². The van der Waals surface area contributed by atoms with Gasteiger partial charge in [-0.25, -0.2) is 9.97 Å². The van der Waals surface area contributed by atoms with Gasteiger partial charge in [-0.1, -0.05) is 0 Å². The molecule has 1 aromatic rings. The molecular formula is C18H26N4O3. The summed E-state index contributed by atoms with van der Waals surface area (Å²) in [6.07, 6.45) is 7.95. The second-order valence-corrected chi connectivity index (χ2v) is 7.50. The van der Waals surface area contributed by atoms with Crippen LogP contribution in [0.1, 0.15) is 56.8 Å². The summed E-state index contributed by atoms with van der Waals surface area (Å²) in [5.74, 6) is 1.39. The summed E-state index contributed by atoms with van der Waals surface area (Å²) in [6.45, 7) is 1.43. The number of hydrogen-bond donors (Lipinski definition) is 2. The summed E-state index contributed by atoms with van der Waals surface area (Å²) < 4.78 is 5.58. The van der Waals surface area contributed by atoms with E-state index in [1.54, 1.807) is 11.1 Å². The zero-order chi connectivity index (χ0) is 17.3. The molecule has 2 heterocycles. The number of aliphatic hydroxyl groups is 1. The lowest BCUT2D eigenvalue weighted by atomic mass is 9.77. The highest BCUT2D eigenvalue weighted by Crippen LogP contribution is 2.36. The predicted octanol–water partition coefficient (Wildman–Crippen LogP) is 1.65. The molecule has 136 valence electrons. The van der Waals surface area contributed by atoms with Gasteiger partial charge in [-0.05, 0) is 44.6 Å². The Morgan fingerprint density at radius 1 is 1.40 bits per heavy atom. The number of carbonyl (C=O) groups excluding carboxylic acids is 1. The summed E-state index contributed by atoms with van der Waals surface area (Å²) in [5, 5.41) is 13.7. The van der Waals surface area contributed by atoms with Crippen molar-refractivity contribution in [2.45, 2.75) is 62.6 Å². The van der Waals surface area contributed by atoms with Gasteiger partial charge in [0.1, 0.15) is 11.9 Å². The molecule has 7 nitrogen and oxygen atoms in total. The van der Waals surface area contributed by atoms with Crippen LogP contribution in [-0.4, -0.2) is 57.3 Å². The Morgan fingerprint density at radius 2 is 2.24 bits per heavy atom. The highest BCUT2D eigenvalue weighted by atomic mass is 16.5. The fraction of sp³-hybridized carbons (Fsp3) is 0.722. The molecule has 1 saturated heterocycles. The molecule has 25 heavy (non-hydrogen) atoms. The number of amides is 1. The Bertz CT molecular complexity index is 631. The van der Waals surface area contributed by atoms with Crippen molar-refractivity contribution in [3.05, 3.63) is 18.1 Å². The average molecular weight is 346 g/mol. The largest absolute Gasteiger partial charge is 0.389 e. The molecule has 0 bridgehead atoms. The van der Waals surface area contributed by atoms with Gasteiger partial charge in [0.05, 0.1) is 25.2 Å².